The van der Waals surface area contributed by atoms with Gasteiger partial charge in [0.1, 0.15) is 5.82 Å². The van der Waals surface area contributed by atoms with Crippen LogP contribution in [0.25, 0.3) is 0 Å². The van der Waals surface area contributed by atoms with Crippen molar-refractivity contribution in [2.24, 2.45) is 0 Å². The van der Waals surface area contributed by atoms with E-state index >= 15 is 0 Å². The molecule has 120 valence electrons. The lowest BCUT2D eigenvalue weighted by atomic mass is 10.1. The first-order valence-corrected chi connectivity index (χ1v) is 8.70. The van der Waals surface area contributed by atoms with Gasteiger partial charge in [0.2, 0.25) is 0 Å². The van der Waals surface area contributed by atoms with Crippen LogP contribution in [0, 0.1) is 0 Å². The van der Waals surface area contributed by atoms with Gasteiger partial charge < -0.3 is 4.90 Å². The number of anilines is 1. The van der Waals surface area contributed by atoms with Gasteiger partial charge in [0, 0.05) is 18.8 Å². The van der Waals surface area contributed by atoms with Crippen LogP contribution in [0.1, 0.15) is 28.8 Å². The maximum Gasteiger partial charge on any atom is 0.129 e. The predicted molar refractivity (Wildman–Crippen MR) is 99.0 cm³/mol. The molecule has 2 aromatic carbocycles. The molecule has 3 aromatic rings. The Morgan fingerprint density at radius 1 is 0.708 bits per heavy atom. The average molecular weight is 314 g/mol. The van der Waals surface area contributed by atoms with Crippen LogP contribution >= 0.6 is 0 Å². The summed E-state index contributed by atoms with van der Waals surface area (Å²) in [6.45, 7) is 1.75. The summed E-state index contributed by atoms with van der Waals surface area (Å²) in [4.78, 5) is 7.35. The molecule has 0 N–H and O–H groups in total. The molecule has 0 aliphatic heterocycles. The maximum absolute atomic E-state index is 4.97. The summed E-state index contributed by atoms with van der Waals surface area (Å²) in [5, 5.41) is 0. The fourth-order valence-corrected chi connectivity index (χ4v) is 3.41. The van der Waals surface area contributed by atoms with E-state index in [1.165, 1.54) is 35.2 Å². The van der Waals surface area contributed by atoms with Gasteiger partial charge in [-0.3, -0.25) is 0 Å². The Labute approximate surface area is 143 Å². The van der Waals surface area contributed by atoms with Crippen LogP contribution in [0.4, 0.5) is 5.82 Å². The molecular weight excluding hydrogens is 292 g/mol. The van der Waals surface area contributed by atoms with Crippen LogP contribution in [0.2, 0.25) is 0 Å². The molecular formula is C22H22N2. The highest BCUT2D eigenvalue weighted by molar-refractivity contribution is 5.44. The summed E-state index contributed by atoms with van der Waals surface area (Å²) >= 11 is 0. The molecule has 24 heavy (non-hydrogen) atoms. The van der Waals surface area contributed by atoms with Crippen LogP contribution < -0.4 is 4.90 Å². The summed E-state index contributed by atoms with van der Waals surface area (Å²) < 4.78 is 0. The van der Waals surface area contributed by atoms with E-state index in [9.17, 15) is 0 Å². The number of nitrogens with zero attached hydrogens (tertiary/aromatic N) is 2. The third kappa shape index (κ3) is 3.33. The lowest BCUT2D eigenvalue weighted by molar-refractivity contribution is 0.778. The summed E-state index contributed by atoms with van der Waals surface area (Å²) in [6, 6.07) is 25.8. The molecule has 1 heterocycles. The van der Waals surface area contributed by atoms with Gasteiger partial charge >= 0.3 is 0 Å². The first-order chi connectivity index (χ1) is 11.9. The monoisotopic (exact) mass is 314 g/mol. The lowest BCUT2D eigenvalue weighted by Crippen LogP contribution is -2.23. The minimum Gasteiger partial charge on any atom is -0.348 e. The topological polar surface area (TPSA) is 16.1 Å². The van der Waals surface area contributed by atoms with Crippen molar-refractivity contribution in [1.82, 2.24) is 4.98 Å². The van der Waals surface area contributed by atoms with Gasteiger partial charge in [-0.15, -0.1) is 0 Å². The van der Waals surface area contributed by atoms with Crippen molar-refractivity contribution in [3.8, 4) is 0 Å². The summed E-state index contributed by atoms with van der Waals surface area (Å²) in [5.41, 5.74) is 5.35. The normalized spacial score (nSPS) is 12.8. The molecule has 1 aliphatic rings. The third-order valence-electron chi connectivity index (χ3n) is 4.67. The van der Waals surface area contributed by atoms with Crippen molar-refractivity contribution in [2.45, 2.75) is 32.4 Å². The largest absolute Gasteiger partial charge is 0.348 e. The second-order valence-electron chi connectivity index (χ2n) is 6.46. The zero-order chi connectivity index (χ0) is 16.2. The fraction of sp³-hybridized carbons (Fsp3) is 0.227. The van der Waals surface area contributed by atoms with E-state index in [-0.39, 0.29) is 0 Å². The Morgan fingerprint density at radius 2 is 1.33 bits per heavy atom. The van der Waals surface area contributed by atoms with Crippen molar-refractivity contribution >= 4 is 5.82 Å². The minimum atomic E-state index is 0.877. The van der Waals surface area contributed by atoms with Crippen molar-refractivity contribution in [2.75, 3.05) is 4.90 Å². The van der Waals surface area contributed by atoms with E-state index in [1.54, 1.807) is 0 Å². The second-order valence-corrected chi connectivity index (χ2v) is 6.46. The highest BCUT2D eigenvalue weighted by Crippen LogP contribution is 2.25. The van der Waals surface area contributed by atoms with Gasteiger partial charge in [0.05, 0.1) is 0 Å². The van der Waals surface area contributed by atoms with Crippen molar-refractivity contribution < 1.29 is 0 Å². The molecule has 0 spiro atoms. The van der Waals surface area contributed by atoms with E-state index in [0.717, 1.165) is 25.3 Å². The van der Waals surface area contributed by atoms with Gasteiger partial charge in [0.15, 0.2) is 0 Å². The van der Waals surface area contributed by atoms with Gasteiger partial charge in [-0.2, -0.15) is 0 Å². The standard InChI is InChI=1S/C22H22N2/c1-3-8-18(9-4-1)16-24(17-19-10-5-2-6-11-19)22-15-14-20-12-7-13-21(20)23-22/h1-6,8-11,14-15H,7,12-13,16-17H2. The van der Waals surface area contributed by atoms with Crippen LogP contribution in [0.3, 0.4) is 0 Å². The Kier molecular flexibility index (Phi) is 4.28. The van der Waals surface area contributed by atoms with Crippen molar-refractivity contribution in [1.29, 1.82) is 0 Å². The Morgan fingerprint density at radius 3 is 1.96 bits per heavy atom. The van der Waals surface area contributed by atoms with Crippen LogP contribution in [-0.4, -0.2) is 4.98 Å². The van der Waals surface area contributed by atoms with E-state index in [1.807, 2.05) is 0 Å². The lowest BCUT2D eigenvalue weighted by Gasteiger charge is -2.25. The number of fused-ring (bicyclic) bond motifs is 1. The van der Waals surface area contributed by atoms with E-state index in [2.05, 4.69) is 77.7 Å². The van der Waals surface area contributed by atoms with Gasteiger partial charge in [-0.05, 0) is 42.0 Å². The first kappa shape index (κ1) is 14.9. The Balaban J connectivity index is 1.64. The molecule has 0 amide bonds. The molecule has 0 atom stereocenters. The van der Waals surface area contributed by atoms with Crippen molar-refractivity contribution in [3.05, 3.63) is 95.2 Å². The molecule has 1 aromatic heterocycles. The predicted octanol–water partition coefficient (Wildman–Crippen LogP) is 4.78. The maximum atomic E-state index is 4.97. The summed E-state index contributed by atoms with van der Waals surface area (Å²) in [6.07, 6.45) is 3.54. The zero-order valence-corrected chi connectivity index (χ0v) is 13.9. The van der Waals surface area contributed by atoms with Crippen molar-refractivity contribution in [3.63, 3.8) is 0 Å². The number of hydrogen-bond donors (Lipinski definition) is 0. The van der Waals surface area contributed by atoms with E-state index < -0.39 is 0 Å². The highest BCUT2D eigenvalue weighted by atomic mass is 15.2. The number of aromatic nitrogens is 1. The van der Waals surface area contributed by atoms with E-state index in [0.29, 0.717) is 0 Å². The SMILES string of the molecule is c1ccc(CN(Cc2ccccc2)c2ccc3c(n2)CCC3)cc1. The molecule has 0 fully saturated rings. The zero-order valence-electron chi connectivity index (χ0n) is 13.9. The molecule has 1 aliphatic carbocycles. The van der Waals surface area contributed by atoms with E-state index in [4.69, 9.17) is 4.98 Å². The van der Waals surface area contributed by atoms with Crippen LogP contribution in [0.15, 0.2) is 72.8 Å². The summed E-state index contributed by atoms with van der Waals surface area (Å²) in [5.74, 6) is 1.09. The molecule has 2 heteroatoms. The average Bonchev–Trinajstić information content (AvgIpc) is 3.11. The fourth-order valence-electron chi connectivity index (χ4n) is 3.41. The molecule has 0 saturated heterocycles. The summed E-state index contributed by atoms with van der Waals surface area (Å²) in [7, 11) is 0. The molecule has 4 rings (SSSR count). The van der Waals surface area contributed by atoms with Crippen LogP contribution in [-0.2, 0) is 25.9 Å². The number of hydrogen-bond acceptors (Lipinski definition) is 2. The molecule has 2 nitrogen and oxygen atoms in total. The van der Waals surface area contributed by atoms with Gasteiger partial charge in [-0.25, -0.2) is 4.98 Å². The second kappa shape index (κ2) is 6.88. The molecule has 0 bridgehead atoms. The molecule has 0 radical (unpaired) electrons. The highest BCUT2D eigenvalue weighted by Gasteiger charge is 2.16. The number of aryl methyl sites for hydroxylation is 2. The Bertz CT molecular complexity index is 755. The smallest absolute Gasteiger partial charge is 0.129 e. The minimum absolute atomic E-state index is 0.877. The molecule has 0 unspecified atom stereocenters. The Hall–Kier alpha value is -2.61. The third-order valence-corrected chi connectivity index (χ3v) is 4.67. The number of rotatable bonds is 5. The number of pyridine rings is 1. The quantitative estimate of drug-likeness (QED) is 0.674. The van der Waals surface area contributed by atoms with Gasteiger partial charge in [-0.1, -0.05) is 66.7 Å². The molecule has 0 saturated carbocycles. The number of benzene rings is 2. The van der Waals surface area contributed by atoms with Crippen LogP contribution in [0.5, 0.6) is 0 Å². The van der Waals surface area contributed by atoms with Gasteiger partial charge in [0.25, 0.3) is 0 Å². The first-order valence-electron chi connectivity index (χ1n) is 8.70.